The lowest BCUT2D eigenvalue weighted by Crippen LogP contribution is -2.54. The number of aryl methyl sites for hydroxylation is 1. The number of hydrogen-bond donors (Lipinski definition) is 1. The summed E-state index contributed by atoms with van der Waals surface area (Å²) in [6.07, 6.45) is 2.95. The van der Waals surface area contributed by atoms with Crippen molar-refractivity contribution in [3.8, 4) is 0 Å². The molecule has 0 saturated carbocycles. The summed E-state index contributed by atoms with van der Waals surface area (Å²) in [5.41, 5.74) is 2.40. The van der Waals surface area contributed by atoms with Gasteiger partial charge < -0.3 is 10.0 Å². The van der Waals surface area contributed by atoms with E-state index in [-0.39, 0.29) is 17.7 Å². The molecule has 1 heterocycles. The third kappa shape index (κ3) is 2.11. The molecule has 19 heavy (non-hydrogen) atoms. The molecule has 1 N–H and O–H groups in total. The highest BCUT2D eigenvalue weighted by atomic mass is 16.4. The van der Waals surface area contributed by atoms with E-state index in [0.717, 1.165) is 24.8 Å². The molecular weight excluding hydrogens is 242 g/mol. The van der Waals surface area contributed by atoms with Gasteiger partial charge in [-0.3, -0.25) is 9.59 Å². The van der Waals surface area contributed by atoms with E-state index in [1.165, 1.54) is 5.56 Å². The van der Waals surface area contributed by atoms with Crippen molar-refractivity contribution in [2.45, 2.75) is 25.2 Å². The normalized spacial score (nSPS) is 22.5. The highest BCUT2D eigenvalue weighted by Gasteiger charge is 2.39. The smallest absolute Gasteiger partial charge is 0.310 e. The summed E-state index contributed by atoms with van der Waals surface area (Å²) in [6.45, 7) is 0.736. The summed E-state index contributed by atoms with van der Waals surface area (Å²) in [5, 5.41) is 8.86. The molecule has 1 saturated heterocycles. The van der Waals surface area contributed by atoms with Crippen LogP contribution in [0.15, 0.2) is 24.3 Å². The van der Waals surface area contributed by atoms with Gasteiger partial charge in [0.25, 0.3) is 0 Å². The van der Waals surface area contributed by atoms with E-state index < -0.39 is 5.97 Å². The van der Waals surface area contributed by atoms with E-state index in [1.54, 1.807) is 4.90 Å². The number of amides is 1. The zero-order valence-electron chi connectivity index (χ0n) is 10.7. The van der Waals surface area contributed by atoms with Crippen LogP contribution in [0.5, 0.6) is 0 Å². The molecule has 4 nitrogen and oxygen atoms in total. The van der Waals surface area contributed by atoms with Crippen molar-refractivity contribution in [2.75, 3.05) is 13.1 Å². The van der Waals surface area contributed by atoms with Crippen LogP contribution in [0.25, 0.3) is 0 Å². The third-order valence-electron chi connectivity index (χ3n) is 4.21. The molecular formula is C15H17NO3. The minimum absolute atomic E-state index is 0.0697. The van der Waals surface area contributed by atoms with Gasteiger partial charge in [-0.05, 0) is 30.4 Å². The Morgan fingerprint density at radius 3 is 2.68 bits per heavy atom. The standard InChI is InChI=1S/C15H17NO3/c17-14(16-8-11(9-16)15(18)19)13-7-3-5-10-4-1-2-6-12(10)13/h1-2,4,6,11,13H,3,5,7-9H2,(H,18,19). The molecule has 4 heteroatoms. The number of carboxylic acid groups (broad SMARTS) is 1. The van der Waals surface area contributed by atoms with Gasteiger partial charge in [-0.1, -0.05) is 24.3 Å². The second-order valence-corrected chi connectivity index (χ2v) is 5.42. The van der Waals surface area contributed by atoms with Crippen molar-refractivity contribution in [1.82, 2.24) is 4.90 Å². The van der Waals surface area contributed by atoms with Crippen LogP contribution in [0.1, 0.15) is 29.9 Å². The number of likely N-dealkylation sites (tertiary alicyclic amines) is 1. The van der Waals surface area contributed by atoms with Gasteiger partial charge in [-0.25, -0.2) is 0 Å². The molecule has 3 rings (SSSR count). The van der Waals surface area contributed by atoms with Gasteiger partial charge in [0, 0.05) is 13.1 Å². The molecule has 0 bridgehead atoms. The second-order valence-electron chi connectivity index (χ2n) is 5.42. The lowest BCUT2D eigenvalue weighted by Gasteiger charge is -2.40. The van der Waals surface area contributed by atoms with E-state index in [0.29, 0.717) is 13.1 Å². The average Bonchev–Trinajstić information content (AvgIpc) is 2.35. The number of benzene rings is 1. The monoisotopic (exact) mass is 259 g/mol. The van der Waals surface area contributed by atoms with Crippen LogP contribution in [0.2, 0.25) is 0 Å². The van der Waals surface area contributed by atoms with Crippen LogP contribution in [0.4, 0.5) is 0 Å². The summed E-state index contributed by atoms with van der Waals surface area (Å²) in [4.78, 5) is 24.9. The molecule has 1 unspecified atom stereocenters. The summed E-state index contributed by atoms with van der Waals surface area (Å²) in [7, 11) is 0. The van der Waals surface area contributed by atoms with E-state index in [1.807, 2.05) is 18.2 Å². The van der Waals surface area contributed by atoms with Crippen LogP contribution in [0, 0.1) is 5.92 Å². The predicted octanol–water partition coefficient (Wildman–Crippen LogP) is 1.65. The Kier molecular flexibility index (Phi) is 3.01. The van der Waals surface area contributed by atoms with Crippen molar-refractivity contribution in [3.05, 3.63) is 35.4 Å². The number of aliphatic carboxylic acids is 1. The SMILES string of the molecule is O=C(O)C1CN(C(=O)C2CCCc3ccccc32)C1. The zero-order chi connectivity index (χ0) is 13.4. The van der Waals surface area contributed by atoms with Gasteiger partial charge in [-0.2, -0.15) is 0 Å². The number of rotatable bonds is 2. The molecule has 0 radical (unpaired) electrons. The molecule has 1 aliphatic heterocycles. The molecule has 1 aromatic carbocycles. The average molecular weight is 259 g/mol. The molecule has 1 aromatic rings. The predicted molar refractivity (Wildman–Crippen MR) is 69.8 cm³/mol. The lowest BCUT2D eigenvalue weighted by atomic mass is 9.81. The molecule has 2 aliphatic rings. The van der Waals surface area contributed by atoms with Crippen LogP contribution in [-0.4, -0.2) is 35.0 Å². The maximum Gasteiger partial charge on any atom is 0.310 e. The van der Waals surface area contributed by atoms with E-state index in [9.17, 15) is 9.59 Å². The molecule has 0 spiro atoms. The number of carbonyl (C=O) groups excluding carboxylic acids is 1. The Bertz CT molecular complexity index is 520. The zero-order valence-corrected chi connectivity index (χ0v) is 10.7. The number of fused-ring (bicyclic) bond motifs is 1. The van der Waals surface area contributed by atoms with E-state index in [4.69, 9.17) is 5.11 Å². The van der Waals surface area contributed by atoms with Crippen molar-refractivity contribution in [2.24, 2.45) is 5.92 Å². The Labute approximate surface area is 112 Å². The van der Waals surface area contributed by atoms with Crippen LogP contribution in [0.3, 0.4) is 0 Å². The fraction of sp³-hybridized carbons (Fsp3) is 0.467. The summed E-state index contributed by atoms with van der Waals surface area (Å²) in [5.74, 6) is -1.14. The van der Waals surface area contributed by atoms with E-state index >= 15 is 0 Å². The minimum Gasteiger partial charge on any atom is -0.481 e. The summed E-state index contributed by atoms with van der Waals surface area (Å²) < 4.78 is 0. The fourth-order valence-corrected chi connectivity index (χ4v) is 3.05. The molecule has 1 amide bonds. The van der Waals surface area contributed by atoms with Crippen LogP contribution >= 0.6 is 0 Å². The first-order chi connectivity index (χ1) is 9.16. The first-order valence-electron chi connectivity index (χ1n) is 6.76. The second kappa shape index (κ2) is 4.68. The Balaban J connectivity index is 1.74. The fourth-order valence-electron chi connectivity index (χ4n) is 3.05. The van der Waals surface area contributed by atoms with E-state index in [2.05, 4.69) is 6.07 Å². The summed E-state index contributed by atoms with van der Waals surface area (Å²) >= 11 is 0. The molecule has 1 aliphatic carbocycles. The van der Waals surface area contributed by atoms with Crippen LogP contribution < -0.4 is 0 Å². The highest BCUT2D eigenvalue weighted by molar-refractivity contribution is 5.87. The number of nitrogens with zero attached hydrogens (tertiary/aromatic N) is 1. The van der Waals surface area contributed by atoms with Crippen molar-refractivity contribution in [3.63, 3.8) is 0 Å². The lowest BCUT2D eigenvalue weighted by molar-refractivity contribution is -0.153. The van der Waals surface area contributed by atoms with Gasteiger partial charge in [0.2, 0.25) is 5.91 Å². The maximum atomic E-state index is 12.4. The Morgan fingerprint density at radius 2 is 1.95 bits per heavy atom. The molecule has 0 aromatic heterocycles. The topological polar surface area (TPSA) is 57.6 Å². The summed E-state index contributed by atoms with van der Waals surface area (Å²) in [6, 6.07) is 8.10. The van der Waals surface area contributed by atoms with Crippen molar-refractivity contribution >= 4 is 11.9 Å². The molecule has 100 valence electrons. The number of carboxylic acids is 1. The molecule has 1 atom stereocenters. The number of hydrogen-bond acceptors (Lipinski definition) is 2. The van der Waals surface area contributed by atoms with Crippen molar-refractivity contribution in [1.29, 1.82) is 0 Å². The third-order valence-corrected chi connectivity index (χ3v) is 4.21. The van der Waals surface area contributed by atoms with Crippen molar-refractivity contribution < 1.29 is 14.7 Å². The van der Waals surface area contributed by atoms with Gasteiger partial charge in [0.15, 0.2) is 0 Å². The molecule has 1 fully saturated rings. The van der Waals surface area contributed by atoms with Crippen LogP contribution in [-0.2, 0) is 16.0 Å². The highest BCUT2D eigenvalue weighted by Crippen LogP contribution is 2.34. The Hall–Kier alpha value is -1.84. The van der Waals surface area contributed by atoms with Gasteiger partial charge in [0.05, 0.1) is 11.8 Å². The van der Waals surface area contributed by atoms with Gasteiger partial charge >= 0.3 is 5.97 Å². The first kappa shape index (κ1) is 12.2. The Morgan fingerprint density at radius 1 is 1.21 bits per heavy atom. The largest absolute Gasteiger partial charge is 0.481 e. The van der Waals surface area contributed by atoms with Gasteiger partial charge in [0.1, 0.15) is 0 Å². The maximum absolute atomic E-state index is 12.4. The number of carbonyl (C=O) groups is 2. The first-order valence-corrected chi connectivity index (χ1v) is 6.76. The quantitative estimate of drug-likeness (QED) is 0.878. The van der Waals surface area contributed by atoms with Gasteiger partial charge in [-0.15, -0.1) is 0 Å². The minimum atomic E-state index is -0.798.